The molecule has 0 amide bonds. The predicted molar refractivity (Wildman–Crippen MR) is 55.1 cm³/mol. The van der Waals surface area contributed by atoms with Gasteiger partial charge in [-0.3, -0.25) is 14.5 Å². The highest BCUT2D eigenvalue weighted by Crippen LogP contribution is 2.28. The van der Waals surface area contributed by atoms with Gasteiger partial charge in [-0.15, -0.1) is 0 Å². The molecule has 0 saturated heterocycles. The van der Waals surface area contributed by atoms with Crippen LogP contribution in [0.4, 0.5) is 10.1 Å². The molecule has 0 unspecified atom stereocenters. The van der Waals surface area contributed by atoms with Crippen LogP contribution in [0.25, 0.3) is 0 Å². The largest absolute Gasteiger partial charge is 0.487 e. The molecule has 0 aliphatic heterocycles. The molecule has 5 nitrogen and oxygen atoms in total. The van der Waals surface area contributed by atoms with Crippen LogP contribution in [0.1, 0.15) is 12.0 Å². The minimum atomic E-state index is -0.577. The molecule has 0 aliphatic carbocycles. The van der Waals surface area contributed by atoms with E-state index in [1.165, 1.54) is 18.2 Å². The third-order valence-corrected chi connectivity index (χ3v) is 1.94. The van der Waals surface area contributed by atoms with Crippen molar-refractivity contribution in [3.05, 3.63) is 33.9 Å². The molecule has 0 spiro atoms. The van der Waals surface area contributed by atoms with Crippen LogP contribution in [0.2, 0.25) is 0 Å². The molecule has 0 aliphatic rings. The van der Waals surface area contributed by atoms with Gasteiger partial charge in [-0.25, -0.2) is 0 Å². The number of aliphatic hydroxyl groups excluding tert-OH is 1. The normalized spacial score (nSPS) is 10.1. The van der Waals surface area contributed by atoms with Crippen LogP contribution in [0, 0.1) is 10.1 Å². The smallest absolute Gasteiger partial charge is 0.310 e. The molecule has 16 heavy (non-hydrogen) atoms. The zero-order valence-corrected chi connectivity index (χ0v) is 8.56. The minimum Gasteiger partial charge on any atom is -0.487 e. The Morgan fingerprint density at radius 3 is 2.81 bits per heavy atom. The molecule has 0 radical (unpaired) electrons. The van der Waals surface area contributed by atoms with Gasteiger partial charge in [0.15, 0.2) is 5.75 Å². The summed E-state index contributed by atoms with van der Waals surface area (Å²) < 4.78 is 16.9. The summed E-state index contributed by atoms with van der Waals surface area (Å²) >= 11 is 0. The van der Waals surface area contributed by atoms with Gasteiger partial charge in [0.1, 0.15) is 0 Å². The van der Waals surface area contributed by atoms with Crippen molar-refractivity contribution < 1.29 is 19.2 Å². The Balaban J connectivity index is 2.87. The number of nitro benzene ring substituents is 1. The van der Waals surface area contributed by atoms with E-state index >= 15 is 0 Å². The maximum absolute atomic E-state index is 11.8. The summed E-state index contributed by atoms with van der Waals surface area (Å²) in [6.45, 7) is -0.683. The van der Waals surface area contributed by atoms with Crippen molar-refractivity contribution in [2.45, 2.75) is 13.0 Å². The minimum absolute atomic E-state index is 0.0602. The van der Waals surface area contributed by atoms with Crippen LogP contribution in [0.3, 0.4) is 0 Å². The molecular formula is C10H12FNO4. The third-order valence-electron chi connectivity index (χ3n) is 1.94. The quantitative estimate of drug-likeness (QED) is 0.458. The van der Waals surface area contributed by atoms with Crippen LogP contribution in [-0.4, -0.2) is 23.3 Å². The molecule has 0 fully saturated rings. The van der Waals surface area contributed by atoms with E-state index in [4.69, 9.17) is 9.84 Å². The summed E-state index contributed by atoms with van der Waals surface area (Å²) in [5.41, 5.74) is 0.330. The molecule has 1 aromatic rings. The first-order valence-electron chi connectivity index (χ1n) is 4.76. The van der Waals surface area contributed by atoms with E-state index < -0.39 is 11.6 Å². The van der Waals surface area contributed by atoms with Gasteiger partial charge in [0, 0.05) is 12.5 Å². The number of aliphatic hydroxyl groups is 1. The van der Waals surface area contributed by atoms with E-state index in [2.05, 4.69) is 0 Å². The molecular weight excluding hydrogens is 217 g/mol. The number of hydrogen-bond acceptors (Lipinski definition) is 4. The number of ether oxygens (including phenoxy) is 1. The Morgan fingerprint density at radius 1 is 1.50 bits per heavy atom. The van der Waals surface area contributed by atoms with E-state index in [9.17, 15) is 14.5 Å². The molecule has 1 N–H and O–H groups in total. The van der Waals surface area contributed by atoms with Crippen LogP contribution >= 0.6 is 0 Å². The lowest BCUT2D eigenvalue weighted by molar-refractivity contribution is -0.385. The second kappa shape index (κ2) is 6.02. The topological polar surface area (TPSA) is 72.6 Å². The Labute approximate surface area is 91.6 Å². The molecule has 0 bridgehead atoms. The zero-order chi connectivity index (χ0) is 12.0. The van der Waals surface area contributed by atoms with E-state index in [1.807, 2.05) is 0 Å². The van der Waals surface area contributed by atoms with Crippen molar-refractivity contribution in [2.24, 2.45) is 0 Å². The van der Waals surface area contributed by atoms with Crippen LogP contribution < -0.4 is 4.74 Å². The first-order valence-corrected chi connectivity index (χ1v) is 4.76. The van der Waals surface area contributed by atoms with Gasteiger partial charge in [-0.1, -0.05) is 0 Å². The fourth-order valence-electron chi connectivity index (χ4n) is 1.16. The van der Waals surface area contributed by atoms with E-state index in [1.54, 1.807) is 0 Å². The fraction of sp³-hybridized carbons (Fsp3) is 0.400. The van der Waals surface area contributed by atoms with Crippen molar-refractivity contribution in [1.29, 1.82) is 0 Å². The van der Waals surface area contributed by atoms with E-state index in [0.29, 0.717) is 5.56 Å². The van der Waals surface area contributed by atoms with E-state index in [-0.39, 0.29) is 31.1 Å². The Kier molecular flexibility index (Phi) is 4.65. The predicted octanol–water partition coefficient (Wildman–Crippen LogP) is 1.83. The SMILES string of the molecule is O=[N+]([O-])c1ccc(CO)cc1OCCCF. The number of alkyl halides is 1. The van der Waals surface area contributed by atoms with Gasteiger partial charge >= 0.3 is 5.69 Å². The van der Waals surface area contributed by atoms with Crippen molar-refractivity contribution in [2.75, 3.05) is 13.3 Å². The van der Waals surface area contributed by atoms with Crippen molar-refractivity contribution in [3.8, 4) is 5.75 Å². The van der Waals surface area contributed by atoms with Gasteiger partial charge in [-0.05, 0) is 17.7 Å². The number of halogens is 1. The van der Waals surface area contributed by atoms with Crippen LogP contribution in [-0.2, 0) is 6.61 Å². The number of rotatable bonds is 6. The summed E-state index contributed by atoms with van der Waals surface area (Å²) in [6, 6.07) is 4.09. The molecule has 6 heteroatoms. The zero-order valence-electron chi connectivity index (χ0n) is 8.56. The Bertz CT molecular complexity index is 370. The van der Waals surface area contributed by atoms with Crippen LogP contribution in [0.15, 0.2) is 18.2 Å². The Morgan fingerprint density at radius 2 is 2.25 bits per heavy atom. The molecule has 0 aromatic heterocycles. The van der Waals surface area contributed by atoms with Crippen molar-refractivity contribution >= 4 is 5.69 Å². The third kappa shape index (κ3) is 3.16. The lowest BCUT2D eigenvalue weighted by atomic mass is 10.2. The lowest BCUT2D eigenvalue weighted by Crippen LogP contribution is -2.02. The average molecular weight is 229 g/mol. The second-order valence-corrected chi connectivity index (χ2v) is 3.11. The molecule has 1 rings (SSSR count). The number of benzene rings is 1. The molecule has 0 saturated carbocycles. The summed E-state index contributed by atoms with van der Waals surface area (Å²) in [4.78, 5) is 10.1. The first-order chi connectivity index (χ1) is 7.69. The highest BCUT2D eigenvalue weighted by Gasteiger charge is 2.15. The van der Waals surface area contributed by atoms with Gasteiger partial charge in [0.05, 0.1) is 24.8 Å². The van der Waals surface area contributed by atoms with E-state index in [0.717, 1.165) is 0 Å². The monoisotopic (exact) mass is 229 g/mol. The summed E-state index contributed by atoms with van der Waals surface area (Å²) in [5, 5.41) is 19.5. The number of nitrogens with zero attached hydrogens (tertiary/aromatic N) is 1. The summed E-state index contributed by atoms with van der Waals surface area (Å²) in [6.07, 6.45) is 0.181. The highest BCUT2D eigenvalue weighted by molar-refractivity contribution is 5.48. The summed E-state index contributed by atoms with van der Waals surface area (Å²) in [7, 11) is 0. The Hall–Kier alpha value is -1.69. The number of nitro groups is 1. The molecule has 88 valence electrons. The van der Waals surface area contributed by atoms with Crippen LogP contribution in [0.5, 0.6) is 5.75 Å². The maximum Gasteiger partial charge on any atom is 0.310 e. The average Bonchev–Trinajstić information content (AvgIpc) is 2.29. The molecule has 0 heterocycles. The lowest BCUT2D eigenvalue weighted by Gasteiger charge is -2.06. The highest BCUT2D eigenvalue weighted by atomic mass is 19.1. The van der Waals surface area contributed by atoms with Gasteiger partial charge < -0.3 is 9.84 Å². The second-order valence-electron chi connectivity index (χ2n) is 3.11. The maximum atomic E-state index is 11.8. The van der Waals surface area contributed by atoms with Gasteiger partial charge in [-0.2, -0.15) is 0 Å². The standard InChI is InChI=1S/C10H12FNO4/c11-4-1-5-16-10-6-8(7-13)2-3-9(10)12(14)15/h2-3,6,13H,1,4-5,7H2. The van der Waals surface area contributed by atoms with Crippen molar-refractivity contribution in [3.63, 3.8) is 0 Å². The fourth-order valence-corrected chi connectivity index (χ4v) is 1.16. The summed E-state index contributed by atoms with van der Waals surface area (Å²) in [5.74, 6) is 0.0602. The first kappa shape index (κ1) is 12.4. The van der Waals surface area contributed by atoms with Gasteiger partial charge in [0.25, 0.3) is 0 Å². The van der Waals surface area contributed by atoms with Gasteiger partial charge in [0.2, 0.25) is 0 Å². The molecule has 0 atom stereocenters. The molecule has 1 aromatic carbocycles. The van der Waals surface area contributed by atoms with Crippen molar-refractivity contribution in [1.82, 2.24) is 0 Å². The number of hydrogen-bond donors (Lipinski definition) is 1.